The van der Waals surface area contributed by atoms with Gasteiger partial charge in [-0.25, -0.2) is 0 Å². The first kappa shape index (κ1) is 25.7. The van der Waals surface area contributed by atoms with Crippen LogP contribution < -0.4 is 5.32 Å². The number of aliphatic imine (C=N–C) groups is 1. The van der Waals surface area contributed by atoms with Gasteiger partial charge in [-0.3, -0.25) is 9.79 Å². The van der Waals surface area contributed by atoms with E-state index in [1.807, 2.05) is 13.0 Å². The van der Waals surface area contributed by atoms with Gasteiger partial charge >= 0.3 is 6.18 Å². The zero-order chi connectivity index (χ0) is 22.2. The smallest absolute Gasteiger partial charge is 0.376 e. The van der Waals surface area contributed by atoms with Gasteiger partial charge in [-0.15, -0.1) is 0 Å². The van der Waals surface area contributed by atoms with Crippen LogP contribution in [0.3, 0.4) is 0 Å². The van der Waals surface area contributed by atoms with Crippen LogP contribution in [0.5, 0.6) is 0 Å². The van der Waals surface area contributed by atoms with E-state index in [0.717, 1.165) is 10.9 Å². The maximum absolute atomic E-state index is 12.6. The predicted octanol–water partition coefficient (Wildman–Crippen LogP) is 7.90. The molecule has 0 saturated heterocycles. The van der Waals surface area contributed by atoms with Gasteiger partial charge in [-0.1, -0.05) is 71.2 Å². The maximum atomic E-state index is 12.6. The van der Waals surface area contributed by atoms with Crippen molar-refractivity contribution in [2.24, 2.45) is 10.9 Å². The van der Waals surface area contributed by atoms with Crippen LogP contribution in [0.2, 0.25) is 10.0 Å². The summed E-state index contributed by atoms with van der Waals surface area (Å²) in [6, 6.07) is 2.81. The second-order valence-electron chi connectivity index (χ2n) is 6.39. The van der Waals surface area contributed by atoms with Crippen LogP contribution in [0.1, 0.15) is 33.6 Å². The van der Waals surface area contributed by atoms with E-state index in [1.54, 1.807) is 19.1 Å². The summed E-state index contributed by atoms with van der Waals surface area (Å²) in [7, 11) is 0. The number of nitrogens with one attached hydrogen (secondary N) is 1. The largest absolute Gasteiger partial charge is 0.394 e. The molecule has 29 heavy (non-hydrogen) atoms. The highest BCUT2D eigenvalue weighted by Crippen LogP contribution is 2.35. The van der Waals surface area contributed by atoms with Crippen molar-refractivity contribution in [3.05, 3.63) is 44.9 Å². The van der Waals surface area contributed by atoms with E-state index < -0.39 is 12.6 Å². The summed E-state index contributed by atoms with van der Waals surface area (Å²) in [5.74, 6) is -0.465. The Morgan fingerprint density at radius 2 is 1.93 bits per heavy atom. The van der Waals surface area contributed by atoms with Crippen LogP contribution in [0.4, 0.5) is 24.5 Å². The topological polar surface area (TPSA) is 41.5 Å². The number of carbonyl (C=O) groups is 1. The van der Waals surface area contributed by atoms with Gasteiger partial charge in [0.15, 0.2) is 5.78 Å². The molecule has 0 aliphatic carbocycles. The molecule has 0 bridgehead atoms. The number of hydrogen-bond donors (Lipinski definition) is 1. The Hall–Kier alpha value is -1.31. The lowest BCUT2D eigenvalue weighted by molar-refractivity contribution is -0.121. The van der Waals surface area contributed by atoms with Crippen molar-refractivity contribution in [1.29, 1.82) is 0 Å². The van der Waals surface area contributed by atoms with Gasteiger partial charge < -0.3 is 5.32 Å². The average Bonchev–Trinajstić information content (AvgIpc) is 2.59. The van der Waals surface area contributed by atoms with Crippen LogP contribution >= 0.6 is 39.1 Å². The molecule has 1 aromatic rings. The van der Waals surface area contributed by atoms with E-state index in [2.05, 4.69) is 26.2 Å². The van der Waals surface area contributed by atoms with Gasteiger partial charge in [0, 0.05) is 16.1 Å². The normalized spacial score (nSPS) is 14.4. The number of hydrogen-bond acceptors (Lipinski definition) is 3. The Morgan fingerprint density at radius 1 is 1.31 bits per heavy atom. The van der Waals surface area contributed by atoms with Crippen molar-refractivity contribution in [3.8, 4) is 0 Å². The minimum Gasteiger partial charge on any atom is -0.376 e. The van der Waals surface area contributed by atoms with Gasteiger partial charge in [0.05, 0.1) is 34.4 Å². The molecule has 0 fully saturated rings. The van der Waals surface area contributed by atoms with Gasteiger partial charge in [0.1, 0.15) is 0 Å². The molecule has 1 unspecified atom stereocenters. The van der Waals surface area contributed by atoms with Crippen molar-refractivity contribution >= 4 is 62.0 Å². The first-order chi connectivity index (χ1) is 13.4. The van der Waals surface area contributed by atoms with E-state index >= 15 is 0 Å². The second-order valence-corrected chi connectivity index (χ2v) is 8.12. The zero-order valence-electron chi connectivity index (χ0n) is 16.2. The fourth-order valence-corrected chi connectivity index (χ4v) is 3.05. The second kappa shape index (κ2) is 11.8. The minimum atomic E-state index is -4.37. The van der Waals surface area contributed by atoms with E-state index in [9.17, 15) is 18.0 Å². The summed E-state index contributed by atoms with van der Waals surface area (Å²) in [5.41, 5.74) is 0.386. The molecule has 0 aliphatic heterocycles. The van der Waals surface area contributed by atoms with E-state index in [4.69, 9.17) is 23.2 Å². The number of nitrogens with zero attached hydrogens (tertiary/aromatic N) is 1. The molecule has 0 saturated carbocycles. The first-order valence-electron chi connectivity index (χ1n) is 8.83. The Labute approximate surface area is 187 Å². The Morgan fingerprint density at radius 3 is 2.52 bits per heavy atom. The monoisotopic (exact) mass is 512 g/mol. The molecule has 0 aliphatic rings. The number of allylic oxidation sites excluding steroid dienone is 4. The summed E-state index contributed by atoms with van der Waals surface area (Å²) in [4.78, 5) is 16.4. The third-order valence-corrected chi connectivity index (χ3v) is 5.02. The van der Waals surface area contributed by atoms with Crippen LogP contribution in [0.25, 0.3) is 0 Å². The lowest BCUT2D eigenvalue weighted by atomic mass is 10.1. The predicted molar refractivity (Wildman–Crippen MR) is 119 cm³/mol. The van der Waals surface area contributed by atoms with Crippen molar-refractivity contribution in [1.82, 2.24) is 0 Å². The van der Waals surface area contributed by atoms with Crippen molar-refractivity contribution < 1.29 is 18.0 Å². The highest BCUT2D eigenvalue weighted by atomic mass is 79.9. The Kier molecular flexibility index (Phi) is 10.4. The van der Waals surface area contributed by atoms with Crippen molar-refractivity contribution in [3.63, 3.8) is 0 Å². The number of Topliss-reactive ketones (excluding diaryl/α,β-unsaturated/α-hetero) is 1. The molecule has 0 amide bonds. The summed E-state index contributed by atoms with van der Waals surface area (Å²) in [5, 5.41) is 3.26. The van der Waals surface area contributed by atoms with Gasteiger partial charge in [-0.05, 0) is 25.5 Å². The molecule has 1 N–H and O–H groups in total. The lowest BCUT2D eigenvalue weighted by Crippen LogP contribution is -2.19. The molecular formula is C20H22BrCl2F3N2O. The molecule has 0 heterocycles. The molecule has 160 valence electrons. The third-order valence-electron chi connectivity index (χ3n) is 3.71. The van der Waals surface area contributed by atoms with E-state index in [-0.39, 0.29) is 39.7 Å². The molecule has 3 nitrogen and oxygen atoms in total. The Balaban J connectivity index is 2.96. The first-order valence-corrected chi connectivity index (χ1v) is 10.4. The quantitative estimate of drug-likeness (QED) is 0.269. The molecule has 1 rings (SSSR count). The van der Waals surface area contributed by atoms with Crippen molar-refractivity contribution in [2.45, 2.75) is 39.8 Å². The molecular weight excluding hydrogens is 492 g/mol. The van der Waals surface area contributed by atoms with Crippen LogP contribution in [0, 0.1) is 5.92 Å². The fraction of sp³-hybridized carbons (Fsp3) is 0.400. The standard InChI is InChI=1S/C20H22BrCl2F3N2O/c1-4-5-14(21)7-6-12(2)19(29)11-27-17-8-15(22)16(23)9-18(17)28-13(3)10-20(24,25)26/h5-9,12,27H,4,10-11H2,1-3H3/b7-6-,14-5+,28-13?. The summed E-state index contributed by atoms with van der Waals surface area (Å²) in [6.45, 7) is 4.99. The van der Waals surface area contributed by atoms with Crippen molar-refractivity contribution in [2.75, 3.05) is 11.9 Å². The molecule has 1 atom stereocenters. The van der Waals surface area contributed by atoms with E-state index in [0.29, 0.717) is 5.69 Å². The van der Waals surface area contributed by atoms with Crippen LogP contribution in [0.15, 0.2) is 39.8 Å². The van der Waals surface area contributed by atoms with Gasteiger partial charge in [0.2, 0.25) is 0 Å². The number of anilines is 1. The van der Waals surface area contributed by atoms with E-state index in [1.165, 1.54) is 19.1 Å². The maximum Gasteiger partial charge on any atom is 0.394 e. The Bertz CT molecular complexity index is 821. The van der Waals surface area contributed by atoms with Crippen LogP contribution in [-0.2, 0) is 4.79 Å². The summed E-state index contributed by atoms with van der Waals surface area (Å²) < 4.78 is 38.6. The average molecular weight is 514 g/mol. The number of halogens is 6. The summed E-state index contributed by atoms with van der Waals surface area (Å²) >= 11 is 15.4. The van der Waals surface area contributed by atoms with Gasteiger partial charge in [-0.2, -0.15) is 13.2 Å². The SMILES string of the molecule is CC/C=C(Br)\C=C/C(C)C(=O)CNc1cc(Cl)c(Cl)cc1N=C(C)CC(F)(F)F. The number of carbonyl (C=O) groups excluding carboxylic acids is 1. The minimum absolute atomic E-state index is 0.0422. The molecule has 0 radical (unpaired) electrons. The summed E-state index contributed by atoms with van der Waals surface area (Å²) in [6.07, 6.45) is 0.894. The molecule has 9 heteroatoms. The fourth-order valence-electron chi connectivity index (χ4n) is 2.26. The highest BCUT2D eigenvalue weighted by Gasteiger charge is 2.28. The number of benzene rings is 1. The lowest BCUT2D eigenvalue weighted by Gasteiger charge is -2.13. The highest BCUT2D eigenvalue weighted by molar-refractivity contribution is 9.11. The number of alkyl halides is 3. The molecule has 0 spiro atoms. The zero-order valence-corrected chi connectivity index (χ0v) is 19.3. The number of rotatable bonds is 9. The van der Waals surface area contributed by atoms with Crippen LogP contribution in [-0.4, -0.2) is 24.2 Å². The third kappa shape index (κ3) is 9.83. The molecule has 0 aromatic heterocycles. The van der Waals surface area contributed by atoms with Gasteiger partial charge in [0.25, 0.3) is 0 Å². The number of ketones is 1. The molecule has 1 aromatic carbocycles.